The van der Waals surface area contributed by atoms with E-state index in [0.29, 0.717) is 6.54 Å². The Morgan fingerprint density at radius 2 is 1.84 bits per heavy atom. The van der Waals surface area contributed by atoms with Crippen LogP contribution < -0.4 is 10.2 Å². The molecule has 168 valence electrons. The van der Waals surface area contributed by atoms with Gasteiger partial charge in [0, 0.05) is 43.9 Å². The highest BCUT2D eigenvalue weighted by Crippen LogP contribution is 2.29. The van der Waals surface area contributed by atoms with Crippen molar-refractivity contribution in [3.05, 3.63) is 54.4 Å². The molecule has 32 heavy (non-hydrogen) atoms. The Balaban J connectivity index is 1.49. The number of morpholine rings is 1. The van der Waals surface area contributed by atoms with Crippen molar-refractivity contribution in [2.75, 3.05) is 50.6 Å². The van der Waals surface area contributed by atoms with Gasteiger partial charge in [-0.05, 0) is 37.3 Å². The van der Waals surface area contributed by atoms with Crippen LogP contribution in [0.3, 0.4) is 0 Å². The minimum atomic E-state index is -0.307. The molecule has 0 radical (unpaired) electrons. The average Bonchev–Trinajstić information content (AvgIpc) is 2.80. The molecule has 2 aromatic carbocycles. The third-order valence-electron chi connectivity index (χ3n) is 5.39. The molecule has 3 aromatic rings. The second kappa shape index (κ2) is 10.3. The van der Waals surface area contributed by atoms with E-state index in [4.69, 9.17) is 14.7 Å². The van der Waals surface area contributed by atoms with E-state index in [1.807, 2.05) is 74.4 Å². The van der Waals surface area contributed by atoms with Crippen LogP contribution in [0, 0.1) is 0 Å². The van der Waals surface area contributed by atoms with Crippen molar-refractivity contribution < 1.29 is 9.53 Å². The fourth-order valence-electron chi connectivity index (χ4n) is 3.52. The fraction of sp³-hybridized carbons (Fsp3) is 0.375. The van der Waals surface area contributed by atoms with Crippen molar-refractivity contribution in [2.24, 2.45) is 0 Å². The molecule has 7 nitrogen and oxygen atoms in total. The Kier molecular flexibility index (Phi) is 7.24. The number of para-hydroxylation sites is 1. The van der Waals surface area contributed by atoms with Crippen LogP contribution in [-0.2, 0) is 16.1 Å². The van der Waals surface area contributed by atoms with Crippen molar-refractivity contribution >= 4 is 39.9 Å². The minimum absolute atomic E-state index is 0.0509. The van der Waals surface area contributed by atoms with Crippen LogP contribution >= 0.6 is 11.8 Å². The van der Waals surface area contributed by atoms with Gasteiger partial charge >= 0.3 is 0 Å². The third kappa shape index (κ3) is 5.56. The van der Waals surface area contributed by atoms with E-state index >= 15 is 0 Å². The number of nitrogens with zero attached hydrogens (tertiary/aromatic N) is 4. The van der Waals surface area contributed by atoms with Crippen LogP contribution in [0.2, 0.25) is 0 Å². The number of ether oxygens (including phenoxy) is 1. The number of thioether (sulfide) groups is 1. The van der Waals surface area contributed by atoms with E-state index in [9.17, 15) is 4.79 Å². The molecule has 0 unspecified atom stereocenters. The number of rotatable bonds is 7. The lowest BCUT2D eigenvalue weighted by atomic mass is 10.2. The SMILES string of the molecule is C[C@@H](Sc1nc(CN2CCOCC2)nc2ccccc12)C(=O)Nc1ccc(N(C)C)cc1. The summed E-state index contributed by atoms with van der Waals surface area (Å²) in [6.07, 6.45) is 0. The van der Waals surface area contributed by atoms with Crippen LogP contribution in [0.1, 0.15) is 12.7 Å². The number of fused-ring (bicyclic) bond motifs is 1. The number of amides is 1. The molecule has 0 spiro atoms. The van der Waals surface area contributed by atoms with Gasteiger partial charge in [-0.15, -0.1) is 0 Å². The Morgan fingerprint density at radius 1 is 1.12 bits per heavy atom. The molecule has 4 rings (SSSR count). The first-order valence-corrected chi connectivity index (χ1v) is 11.7. The van der Waals surface area contributed by atoms with Crippen LogP contribution in [0.15, 0.2) is 53.6 Å². The molecule has 1 aromatic heterocycles. The summed E-state index contributed by atoms with van der Waals surface area (Å²) in [4.78, 5) is 26.8. The van der Waals surface area contributed by atoms with Gasteiger partial charge in [-0.2, -0.15) is 0 Å². The van der Waals surface area contributed by atoms with Crippen molar-refractivity contribution in [1.82, 2.24) is 14.9 Å². The first-order chi connectivity index (χ1) is 15.5. The first kappa shape index (κ1) is 22.5. The van der Waals surface area contributed by atoms with Crippen LogP contribution in [0.5, 0.6) is 0 Å². The van der Waals surface area contributed by atoms with Gasteiger partial charge < -0.3 is 15.0 Å². The van der Waals surface area contributed by atoms with Crippen LogP contribution in [0.25, 0.3) is 10.9 Å². The maximum atomic E-state index is 12.9. The normalized spacial score (nSPS) is 15.5. The molecular weight excluding hydrogens is 422 g/mol. The number of nitrogens with one attached hydrogen (secondary N) is 1. The van der Waals surface area contributed by atoms with Gasteiger partial charge in [0.05, 0.1) is 30.5 Å². The van der Waals surface area contributed by atoms with Gasteiger partial charge in [0.1, 0.15) is 10.9 Å². The number of carbonyl (C=O) groups excluding carboxylic acids is 1. The second-order valence-corrected chi connectivity index (χ2v) is 9.37. The molecule has 1 amide bonds. The predicted octanol–water partition coefficient (Wildman–Crippen LogP) is 3.65. The van der Waals surface area contributed by atoms with Gasteiger partial charge in [-0.25, -0.2) is 9.97 Å². The summed E-state index contributed by atoms with van der Waals surface area (Å²) in [6, 6.07) is 15.8. The molecule has 2 heterocycles. The highest BCUT2D eigenvalue weighted by atomic mass is 32.2. The van der Waals surface area contributed by atoms with Crippen LogP contribution in [-0.4, -0.2) is 66.4 Å². The average molecular weight is 452 g/mol. The summed E-state index contributed by atoms with van der Waals surface area (Å²) < 4.78 is 5.44. The quantitative estimate of drug-likeness (QED) is 0.434. The monoisotopic (exact) mass is 451 g/mol. The van der Waals surface area contributed by atoms with Gasteiger partial charge in [0.2, 0.25) is 5.91 Å². The van der Waals surface area contributed by atoms with E-state index in [1.165, 1.54) is 11.8 Å². The smallest absolute Gasteiger partial charge is 0.237 e. The molecule has 8 heteroatoms. The Bertz CT molecular complexity index is 1070. The second-order valence-electron chi connectivity index (χ2n) is 8.04. The highest BCUT2D eigenvalue weighted by Gasteiger charge is 2.19. The Labute approximate surface area is 193 Å². The lowest BCUT2D eigenvalue weighted by molar-refractivity contribution is -0.115. The molecule has 0 saturated carbocycles. The summed E-state index contributed by atoms with van der Waals surface area (Å²) in [5, 5.41) is 4.51. The lowest BCUT2D eigenvalue weighted by Crippen LogP contribution is -2.36. The van der Waals surface area contributed by atoms with Gasteiger partial charge in [-0.3, -0.25) is 9.69 Å². The maximum Gasteiger partial charge on any atom is 0.237 e. The number of hydrogen-bond acceptors (Lipinski definition) is 7. The van der Waals surface area contributed by atoms with Crippen molar-refractivity contribution in [2.45, 2.75) is 23.7 Å². The zero-order valence-corrected chi connectivity index (χ0v) is 19.6. The van der Waals surface area contributed by atoms with Gasteiger partial charge in [-0.1, -0.05) is 30.0 Å². The summed E-state index contributed by atoms with van der Waals surface area (Å²) >= 11 is 1.47. The fourth-order valence-corrected chi connectivity index (χ4v) is 4.48. The van der Waals surface area contributed by atoms with E-state index in [2.05, 4.69) is 10.2 Å². The lowest BCUT2D eigenvalue weighted by Gasteiger charge is -2.26. The number of aromatic nitrogens is 2. The molecule has 1 aliphatic rings. The first-order valence-electron chi connectivity index (χ1n) is 10.8. The minimum Gasteiger partial charge on any atom is -0.379 e. The molecule has 0 aliphatic carbocycles. The van der Waals surface area contributed by atoms with Gasteiger partial charge in [0.25, 0.3) is 0 Å². The van der Waals surface area contributed by atoms with Gasteiger partial charge in [0.15, 0.2) is 0 Å². The van der Waals surface area contributed by atoms with Crippen molar-refractivity contribution in [3.63, 3.8) is 0 Å². The molecule has 0 bridgehead atoms. The largest absolute Gasteiger partial charge is 0.379 e. The van der Waals surface area contributed by atoms with E-state index < -0.39 is 0 Å². The number of benzene rings is 2. The molecule has 1 aliphatic heterocycles. The third-order valence-corrected chi connectivity index (χ3v) is 6.49. The molecular formula is C24H29N5O2S. The summed E-state index contributed by atoms with van der Waals surface area (Å²) in [7, 11) is 3.98. The van der Waals surface area contributed by atoms with E-state index in [-0.39, 0.29) is 11.2 Å². The van der Waals surface area contributed by atoms with E-state index in [1.54, 1.807) is 0 Å². The number of hydrogen-bond donors (Lipinski definition) is 1. The number of carbonyl (C=O) groups is 1. The van der Waals surface area contributed by atoms with Crippen molar-refractivity contribution in [3.8, 4) is 0 Å². The zero-order chi connectivity index (χ0) is 22.5. The molecule has 1 fully saturated rings. The molecule has 1 atom stereocenters. The maximum absolute atomic E-state index is 12.9. The standard InChI is InChI=1S/C24H29N5O2S/c1-17(23(30)25-18-8-10-19(11-9-18)28(2)3)32-24-20-6-4-5-7-21(20)26-22(27-24)16-29-12-14-31-15-13-29/h4-11,17H,12-16H2,1-3H3,(H,25,30)/t17-/m1/s1. The van der Waals surface area contributed by atoms with E-state index in [0.717, 1.165) is 59.4 Å². The molecule has 1 saturated heterocycles. The summed E-state index contributed by atoms with van der Waals surface area (Å²) in [5.74, 6) is 0.727. The summed E-state index contributed by atoms with van der Waals surface area (Å²) in [5.41, 5.74) is 2.78. The van der Waals surface area contributed by atoms with Crippen LogP contribution in [0.4, 0.5) is 11.4 Å². The summed E-state index contributed by atoms with van der Waals surface area (Å²) in [6.45, 7) is 5.82. The Hall–Kier alpha value is -2.68. The predicted molar refractivity (Wildman–Crippen MR) is 130 cm³/mol. The highest BCUT2D eigenvalue weighted by molar-refractivity contribution is 8.00. The Morgan fingerprint density at radius 3 is 2.56 bits per heavy atom. The van der Waals surface area contributed by atoms with Crippen molar-refractivity contribution in [1.29, 1.82) is 0 Å². The topological polar surface area (TPSA) is 70.6 Å². The number of anilines is 2. The molecule has 1 N–H and O–H groups in total. The zero-order valence-electron chi connectivity index (χ0n) is 18.7.